The second-order valence-electron chi connectivity index (χ2n) is 7.86. The van der Waals surface area contributed by atoms with Crippen molar-refractivity contribution in [2.24, 2.45) is 5.92 Å². The Hall–Kier alpha value is -1.99. The molecule has 0 bridgehead atoms. The number of nitrogens with zero attached hydrogens (tertiary/aromatic N) is 2. The molecule has 1 aromatic heterocycles. The maximum atomic E-state index is 12.6. The summed E-state index contributed by atoms with van der Waals surface area (Å²) < 4.78 is 5.85. The summed E-state index contributed by atoms with van der Waals surface area (Å²) in [7, 11) is 2.12. The lowest BCUT2D eigenvalue weighted by Gasteiger charge is -2.28. The average molecular weight is 482 g/mol. The van der Waals surface area contributed by atoms with Crippen molar-refractivity contribution < 1.29 is 9.53 Å². The normalized spacial score (nSPS) is 15.4. The van der Waals surface area contributed by atoms with E-state index in [9.17, 15) is 4.79 Å². The van der Waals surface area contributed by atoms with Crippen molar-refractivity contribution in [2.75, 3.05) is 26.7 Å². The molecule has 2 N–H and O–H groups in total. The van der Waals surface area contributed by atoms with E-state index in [1.807, 2.05) is 12.1 Å². The van der Waals surface area contributed by atoms with Gasteiger partial charge in [-0.2, -0.15) is 0 Å². The molecule has 31 heavy (non-hydrogen) atoms. The van der Waals surface area contributed by atoms with Crippen LogP contribution in [0.3, 0.4) is 0 Å². The van der Waals surface area contributed by atoms with E-state index < -0.39 is 0 Å². The summed E-state index contributed by atoms with van der Waals surface area (Å²) >= 11 is 18.7. The lowest BCUT2D eigenvalue weighted by Crippen LogP contribution is -2.37. The van der Waals surface area contributed by atoms with E-state index in [4.69, 9.17) is 39.5 Å². The Morgan fingerprint density at radius 2 is 1.90 bits per heavy atom. The van der Waals surface area contributed by atoms with Gasteiger partial charge in [0.15, 0.2) is 5.82 Å². The molecule has 2 heterocycles. The van der Waals surface area contributed by atoms with Gasteiger partial charge in [0.1, 0.15) is 22.9 Å². The molecule has 1 saturated heterocycles. The van der Waals surface area contributed by atoms with Crippen molar-refractivity contribution in [2.45, 2.75) is 19.4 Å². The third-order valence-corrected chi connectivity index (χ3v) is 6.63. The van der Waals surface area contributed by atoms with E-state index in [2.05, 4.69) is 27.2 Å². The first-order valence-electron chi connectivity index (χ1n) is 10.1. The van der Waals surface area contributed by atoms with Crippen molar-refractivity contribution in [1.82, 2.24) is 20.2 Å². The zero-order chi connectivity index (χ0) is 22.0. The minimum Gasteiger partial charge on any atom is -0.487 e. The molecular weight excluding hydrogens is 459 g/mol. The number of halogens is 3. The number of aromatic amines is 1. The van der Waals surface area contributed by atoms with Crippen LogP contribution in [0.25, 0.3) is 11.0 Å². The summed E-state index contributed by atoms with van der Waals surface area (Å²) in [6, 6.07) is 9.05. The summed E-state index contributed by atoms with van der Waals surface area (Å²) in [6.07, 6.45) is 2.15. The highest BCUT2D eigenvalue weighted by Crippen LogP contribution is 2.38. The molecule has 0 radical (unpaired) electrons. The van der Waals surface area contributed by atoms with E-state index >= 15 is 0 Å². The van der Waals surface area contributed by atoms with E-state index in [1.165, 1.54) is 0 Å². The molecule has 1 aliphatic rings. The fraction of sp³-hybridized carbons (Fsp3) is 0.364. The van der Waals surface area contributed by atoms with E-state index in [-0.39, 0.29) is 21.8 Å². The number of carbonyl (C=O) groups excluding carboxylic acids is 1. The van der Waals surface area contributed by atoms with Gasteiger partial charge in [-0.25, -0.2) is 4.98 Å². The molecule has 1 amide bonds. The predicted molar refractivity (Wildman–Crippen MR) is 124 cm³/mol. The first-order valence-corrected chi connectivity index (χ1v) is 11.3. The van der Waals surface area contributed by atoms with Crippen LogP contribution in [-0.4, -0.2) is 47.5 Å². The van der Waals surface area contributed by atoms with E-state index in [0.29, 0.717) is 40.9 Å². The number of rotatable bonds is 6. The monoisotopic (exact) mass is 480 g/mol. The maximum absolute atomic E-state index is 12.6. The lowest BCUT2D eigenvalue weighted by atomic mass is 9.97. The Morgan fingerprint density at radius 3 is 2.61 bits per heavy atom. The van der Waals surface area contributed by atoms with Crippen molar-refractivity contribution >= 4 is 51.7 Å². The number of carbonyl (C=O) groups is 1. The molecule has 0 atom stereocenters. The van der Waals surface area contributed by atoms with Crippen LogP contribution in [-0.2, 0) is 6.61 Å². The quantitative estimate of drug-likeness (QED) is 0.509. The standard InChI is InChI=1S/C22H23Cl3N4O2/c1-29-8-6-13(7-9-29)11-26-22(30)21-27-16-10-17(18(24)19(25)20(16)28-21)31-12-14-2-4-15(23)5-3-14/h2-5,10,13H,6-9,11-12H2,1H3,(H,26,30)(H,27,28). The smallest absolute Gasteiger partial charge is 0.287 e. The van der Waals surface area contributed by atoms with Gasteiger partial charge in [-0.3, -0.25) is 4.79 Å². The number of likely N-dealkylation sites (tertiary alicyclic amines) is 1. The number of hydrogen-bond donors (Lipinski definition) is 2. The summed E-state index contributed by atoms with van der Waals surface area (Å²) in [5, 5.41) is 4.14. The Bertz CT molecular complexity index is 1080. The average Bonchev–Trinajstić information content (AvgIpc) is 3.20. The van der Waals surface area contributed by atoms with E-state index in [0.717, 1.165) is 31.5 Å². The van der Waals surface area contributed by atoms with Gasteiger partial charge in [0.2, 0.25) is 0 Å². The van der Waals surface area contributed by atoms with Crippen LogP contribution in [0.4, 0.5) is 0 Å². The SMILES string of the molecule is CN1CCC(CNC(=O)c2nc3c(Cl)c(Cl)c(OCc4ccc(Cl)cc4)cc3[nH]2)CC1. The third kappa shape index (κ3) is 5.26. The van der Waals surface area contributed by atoms with Crippen LogP contribution in [0.1, 0.15) is 29.0 Å². The van der Waals surface area contributed by atoms with Crippen LogP contribution in [0.2, 0.25) is 15.1 Å². The number of piperidine rings is 1. The van der Waals surface area contributed by atoms with Gasteiger partial charge in [0.05, 0.1) is 10.5 Å². The van der Waals surface area contributed by atoms with Gasteiger partial charge in [-0.05, 0) is 56.6 Å². The molecule has 3 aromatic rings. The predicted octanol–water partition coefficient (Wildman–Crippen LogP) is 5.17. The topological polar surface area (TPSA) is 70.2 Å². The highest BCUT2D eigenvalue weighted by Gasteiger charge is 2.21. The zero-order valence-electron chi connectivity index (χ0n) is 17.1. The zero-order valence-corrected chi connectivity index (χ0v) is 19.3. The number of fused-ring (bicyclic) bond motifs is 1. The van der Waals surface area contributed by atoms with Crippen LogP contribution < -0.4 is 10.1 Å². The fourth-order valence-corrected chi connectivity index (χ4v) is 4.17. The molecule has 2 aromatic carbocycles. The van der Waals surface area contributed by atoms with E-state index in [1.54, 1.807) is 18.2 Å². The van der Waals surface area contributed by atoms with Crippen LogP contribution in [0, 0.1) is 5.92 Å². The van der Waals surface area contributed by atoms with Gasteiger partial charge < -0.3 is 19.9 Å². The molecule has 1 aliphatic heterocycles. The molecule has 1 fully saturated rings. The molecule has 0 spiro atoms. The van der Waals surface area contributed by atoms with Gasteiger partial charge in [0, 0.05) is 17.6 Å². The van der Waals surface area contributed by atoms with Crippen LogP contribution in [0.5, 0.6) is 5.75 Å². The van der Waals surface area contributed by atoms with Gasteiger partial charge >= 0.3 is 0 Å². The molecule has 0 aliphatic carbocycles. The van der Waals surface area contributed by atoms with Crippen LogP contribution >= 0.6 is 34.8 Å². The first-order chi connectivity index (χ1) is 14.9. The number of H-pyrrole nitrogens is 1. The maximum Gasteiger partial charge on any atom is 0.287 e. The van der Waals surface area contributed by atoms with Gasteiger partial charge in [-0.1, -0.05) is 46.9 Å². The van der Waals surface area contributed by atoms with Crippen LogP contribution in [0.15, 0.2) is 30.3 Å². The molecular formula is C22H23Cl3N4O2. The Balaban J connectivity index is 1.45. The summed E-state index contributed by atoms with van der Waals surface area (Å²) in [5.74, 6) is 0.841. The summed E-state index contributed by atoms with van der Waals surface area (Å²) in [4.78, 5) is 22.3. The Morgan fingerprint density at radius 1 is 1.19 bits per heavy atom. The number of benzene rings is 2. The molecule has 0 saturated carbocycles. The minimum atomic E-state index is -0.258. The number of ether oxygens (including phenoxy) is 1. The molecule has 4 rings (SSSR count). The third-order valence-electron chi connectivity index (χ3n) is 5.54. The largest absolute Gasteiger partial charge is 0.487 e. The number of hydrogen-bond acceptors (Lipinski definition) is 4. The van der Waals surface area contributed by atoms with Gasteiger partial charge in [0.25, 0.3) is 5.91 Å². The fourth-order valence-electron chi connectivity index (χ4n) is 3.61. The van der Waals surface area contributed by atoms with Crippen molar-refractivity contribution in [3.63, 3.8) is 0 Å². The van der Waals surface area contributed by atoms with Crippen molar-refractivity contribution in [3.05, 3.63) is 56.8 Å². The summed E-state index contributed by atoms with van der Waals surface area (Å²) in [5.41, 5.74) is 1.97. The van der Waals surface area contributed by atoms with Crippen molar-refractivity contribution in [1.29, 1.82) is 0 Å². The lowest BCUT2D eigenvalue weighted by molar-refractivity contribution is 0.0930. The highest BCUT2D eigenvalue weighted by molar-refractivity contribution is 6.46. The molecule has 164 valence electrons. The molecule has 6 nitrogen and oxygen atoms in total. The minimum absolute atomic E-state index is 0.204. The second kappa shape index (κ2) is 9.65. The number of amides is 1. The number of aromatic nitrogens is 2. The van der Waals surface area contributed by atoms with Crippen molar-refractivity contribution in [3.8, 4) is 5.75 Å². The summed E-state index contributed by atoms with van der Waals surface area (Å²) in [6.45, 7) is 3.04. The second-order valence-corrected chi connectivity index (χ2v) is 9.05. The molecule has 0 unspecified atom stereocenters. The first kappa shape index (κ1) is 22.2. The number of nitrogens with one attached hydrogen (secondary N) is 2. The highest BCUT2D eigenvalue weighted by atomic mass is 35.5. The number of imidazole rings is 1. The van der Waals surface area contributed by atoms with Gasteiger partial charge in [-0.15, -0.1) is 0 Å². The Kier molecular flexibility index (Phi) is 6.92. The molecule has 9 heteroatoms. The Labute approximate surface area is 195 Å².